The van der Waals surface area contributed by atoms with Crippen molar-refractivity contribution >= 4 is 0 Å². The van der Waals surface area contributed by atoms with Crippen molar-refractivity contribution in [1.82, 2.24) is 0 Å². The van der Waals surface area contributed by atoms with Crippen LogP contribution in [0.1, 0.15) is 78.6 Å². The summed E-state index contributed by atoms with van der Waals surface area (Å²) in [6, 6.07) is 0.232. The molecule has 1 unspecified atom stereocenters. The molecule has 0 saturated heterocycles. The lowest BCUT2D eigenvalue weighted by molar-refractivity contribution is 0.393. The van der Waals surface area contributed by atoms with Crippen molar-refractivity contribution in [1.29, 1.82) is 0 Å². The molecule has 0 fully saturated rings. The van der Waals surface area contributed by atoms with Crippen LogP contribution < -0.4 is 22.9 Å². The first kappa shape index (κ1) is 23.1. The van der Waals surface area contributed by atoms with Gasteiger partial charge in [-0.2, -0.15) is 0 Å². The van der Waals surface area contributed by atoms with Gasteiger partial charge in [0.15, 0.2) is 0 Å². The largest absolute Gasteiger partial charge is 0.330 e. The lowest BCUT2D eigenvalue weighted by Gasteiger charge is -2.18. The molecule has 0 saturated carbocycles. The van der Waals surface area contributed by atoms with Crippen molar-refractivity contribution < 1.29 is 0 Å². The first-order valence-corrected chi connectivity index (χ1v) is 8.79. The van der Waals surface area contributed by atoms with Crippen LogP contribution in [0.2, 0.25) is 0 Å². The number of rotatable bonds is 12. The summed E-state index contributed by atoms with van der Waals surface area (Å²) in [6.07, 6.45) is 12.0. The first-order valence-electron chi connectivity index (χ1n) is 8.79. The molecule has 0 heterocycles. The van der Waals surface area contributed by atoms with Crippen molar-refractivity contribution in [2.45, 2.75) is 84.6 Å². The van der Waals surface area contributed by atoms with Gasteiger partial charge in [-0.05, 0) is 24.9 Å². The quantitative estimate of drug-likeness (QED) is 0.416. The second kappa shape index (κ2) is 16.2. The Morgan fingerprint density at radius 2 is 1.19 bits per heavy atom. The number of nitrogens with two attached hydrogens (primary N) is 4. The molecule has 0 bridgehead atoms. The van der Waals surface area contributed by atoms with Crippen LogP contribution in [0.15, 0.2) is 0 Å². The van der Waals surface area contributed by atoms with Crippen LogP contribution >= 0.6 is 0 Å². The smallest absolute Gasteiger partial charge is 0.0163 e. The van der Waals surface area contributed by atoms with E-state index in [-0.39, 0.29) is 11.5 Å². The van der Waals surface area contributed by atoms with Gasteiger partial charge >= 0.3 is 0 Å². The zero-order valence-corrected chi connectivity index (χ0v) is 14.9. The SMILES string of the molecule is CC(C)(CN)CN.CCCCCCCCCCC(N)CN. The lowest BCUT2D eigenvalue weighted by atomic mass is 9.95. The maximum absolute atomic E-state index is 5.73. The maximum Gasteiger partial charge on any atom is 0.0163 e. The lowest BCUT2D eigenvalue weighted by Crippen LogP contribution is -2.31. The van der Waals surface area contributed by atoms with Gasteiger partial charge in [-0.1, -0.05) is 72.1 Å². The van der Waals surface area contributed by atoms with Gasteiger partial charge in [0, 0.05) is 12.6 Å². The third-order valence-electron chi connectivity index (χ3n) is 3.84. The Bertz CT molecular complexity index is 189. The van der Waals surface area contributed by atoms with E-state index >= 15 is 0 Å². The molecular weight excluding hydrogens is 260 g/mol. The number of hydrogen-bond acceptors (Lipinski definition) is 4. The summed E-state index contributed by atoms with van der Waals surface area (Å²) in [7, 11) is 0. The van der Waals surface area contributed by atoms with Crippen LogP contribution in [0.3, 0.4) is 0 Å². The molecule has 0 rings (SSSR count). The molecule has 4 nitrogen and oxygen atoms in total. The van der Waals surface area contributed by atoms with Crippen molar-refractivity contribution in [3.05, 3.63) is 0 Å². The van der Waals surface area contributed by atoms with Crippen LogP contribution in [-0.4, -0.2) is 25.7 Å². The molecule has 0 aromatic carbocycles. The topological polar surface area (TPSA) is 104 Å². The Balaban J connectivity index is 0. The molecular formula is C17H42N4. The van der Waals surface area contributed by atoms with E-state index in [1.165, 1.54) is 51.4 Å². The van der Waals surface area contributed by atoms with E-state index < -0.39 is 0 Å². The highest BCUT2D eigenvalue weighted by Gasteiger charge is 2.10. The Morgan fingerprint density at radius 3 is 1.52 bits per heavy atom. The van der Waals surface area contributed by atoms with Crippen LogP contribution in [0.5, 0.6) is 0 Å². The van der Waals surface area contributed by atoms with E-state index in [2.05, 4.69) is 6.92 Å². The fraction of sp³-hybridized carbons (Fsp3) is 1.00. The Hall–Kier alpha value is -0.160. The minimum absolute atomic E-state index is 0.139. The summed E-state index contributed by atoms with van der Waals surface area (Å²) >= 11 is 0. The zero-order chi connectivity index (χ0) is 16.6. The molecule has 0 aromatic rings. The van der Waals surface area contributed by atoms with Gasteiger partial charge in [0.05, 0.1) is 0 Å². The summed E-state index contributed by atoms with van der Waals surface area (Å²) in [5.74, 6) is 0. The molecule has 130 valence electrons. The molecule has 8 N–H and O–H groups in total. The fourth-order valence-corrected chi connectivity index (χ4v) is 1.74. The second-order valence-corrected chi connectivity index (χ2v) is 6.83. The molecule has 0 aromatic heterocycles. The van der Waals surface area contributed by atoms with Gasteiger partial charge in [-0.15, -0.1) is 0 Å². The summed E-state index contributed by atoms with van der Waals surface area (Å²) in [4.78, 5) is 0. The first-order chi connectivity index (χ1) is 9.93. The van der Waals surface area contributed by atoms with Crippen molar-refractivity contribution in [3.63, 3.8) is 0 Å². The third-order valence-corrected chi connectivity index (χ3v) is 3.84. The maximum atomic E-state index is 5.73. The van der Waals surface area contributed by atoms with Gasteiger partial charge < -0.3 is 22.9 Å². The Kier molecular flexibility index (Phi) is 17.8. The molecule has 0 spiro atoms. The Morgan fingerprint density at radius 1 is 0.762 bits per heavy atom. The summed E-state index contributed by atoms with van der Waals surface area (Å²) in [5, 5.41) is 0. The third kappa shape index (κ3) is 19.8. The molecule has 21 heavy (non-hydrogen) atoms. The molecule has 0 aliphatic rings. The van der Waals surface area contributed by atoms with Gasteiger partial charge in [0.25, 0.3) is 0 Å². The van der Waals surface area contributed by atoms with Gasteiger partial charge in [-0.3, -0.25) is 0 Å². The highest BCUT2D eigenvalue weighted by Crippen LogP contribution is 2.10. The predicted molar refractivity (Wildman–Crippen MR) is 96.1 cm³/mol. The monoisotopic (exact) mass is 302 g/mol. The van der Waals surface area contributed by atoms with E-state index in [4.69, 9.17) is 22.9 Å². The zero-order valence-electron chi connectivity index (χ0n) is 14.9. The standard InChI is InChI=1S/C12H28N2.C5H14N2/c1-2-3-4-5-6-7-8-9-10-12(14)11-13;1-5(2,3-6)4-7/h12H,2-11,13-14H2,1H3;3-4,6-7H2,1-2H3. The molecule has 1 atom stereocenters. The van der Waals surface area contributed by atoms with E-state index in [1.807, 2.05) is 13.8 Å². The molecule has 0 aliphatic heterocycles. The number of hydrogen-bond donors (Lipinski definition) is 4. The average Bonchev–Trinajstić information content (AvgIpc) is 2.50. The average molecular weight is 303 g/mol. The highest BCUT2D eigenvalue weighted by atomic mass is 14.7. The fourth-order valence-electron chi connectivity index (χ4n) is 1.74. The van der Waals surface area contributed by atoms with Gasteiger partial charge in [0.2, 0.25) is 0 Å². The van der Waals surface area contributed by atoms with Gasteiger partial charge in [-0.25, -0.2) is 0 Å². The van der Waals surface area contributed by atoms with E-state index in [9.17, 15) is 0 Å². The normalized spacial score (nSPS) is 12.7. The van der Waals surface area contributed by atoms with E-state index in [0.717, 1.165) is 6.42 Å². The summed E-state index contributed by atoms with van der Waals surface area (Å²) in [6.45, 7) is 8.33. The summed E-state index contributed by atoms with van der Waals surface area (Å²) in [5.41, 5.74) is 22.0. The van der Waals surface area contributed by atoms with E-state index in [0.29, 0.717) is 19.6 Å². The number of unbranched alkanes of at least 4 members (excludes halogenated alkanes) is 7. The predicted octanol–water partition coefficient (Wildman–Crippen LogP) is 2.73. The highest BCUT2D eigenvalue weighted by molar-refractivity contribution is 4.68. The van der Waals surface area contributed by atoms with Gasteiger partial charge in [0.1, 0.15) is 0 Å². The van der Waals surface area contributed by atoms with E-state index in [1.54, 1.807) is 0 Å². The molecule has 4 heteroatoms. The van der Waals surface area contributed by atoms with Crippen LogP contribution in [-0.2, 0) is 0 Å². The van der Waals surface area contributed by atoms with Crippen molar-refractivity contribution in [3.8, 4) is 0 Å². The minimum atomic E-state index is 0.139. The van der Waals surface area contributed by atoms with Crippen LogP contribution in [0, 0.1) is 5.41 Å². The minimum Gasteiger partial charge on any atom is -0.330 e. The molecule has 0 aliphatic carbocycles. The molecule has 0 amide bonds. The van der Waals surface area contributed by atoms with Crippen molar-refractivity contribution in [2.75, 3.05) is 19.6 Å². The van der Waals surface area contributed by atoms with Crippen LogP contribution in [0.4, 0.5) is 0 Å². The Labute approximate surface area is 133 Å². The molecule has 0 radical (unpaired) electrons. The second-order valence-electron chi connectivity index (χ2n) is 6.83. The van der Waals surface area contributed by atoms with Crippen molar-refractivity contribution in [2.24, 2.45) is 28.3 Å². The van der Waals surface area contributed by atoms with Crippen LogP contribution in [0.25, 0.3) is 0 Å². The summed E-state index contributed by atoms with van der Waals surface area (Å²) < 4.78 is 0.